The smallest absolute Gasteiger partial charge is 0.406 e. The standard InChI is InChI=1S/C14H17F3N2O2/c15-14(16,17)8-19(10-3-4-10)13(21)12(18)7-9-1-5-11(20)6-2-9/h1-2,5-6,10,12,20H,3-4,7-8,18H2. The van der Waals surface area contributed by atoms with Crippen LogP contribution in [-0.2, 0) is 11.2 Å². The normalized spacial score (nSPS) is 16.6. The van der Waals surface area contributed by atoms with Crippen LogP contribution in [0, 0.1) is 0 Å². The summed E-state index contributed by atoms with van der Waals surface area (Å²) in [6.45, 7) is -1.25. The van der Waals surface area contributed by atoms with E-state index in [9.17, 15) is 18.0 Å². The maximum Gasteiger partial charge on any atom is 0.406 e. The van der Waals surface area contributed by atoms with Gasteiger partial charge in [0.2, 0.25) is 5.91 Å². The number of aromatic hydroxyl groups is 1. The lowest BCUT2D eigenvalue weighted by Crippen LogP contribution is -2.49. The Morgan fingerprint density at radius 1 is 1.33 bits per heavy atom. The highest BCUT2D eigenvalue weighted by molar-refractivity contribution is 5.82. The van der Waals surface area contributed by atoms with Crippen molar-refractivity contribution in [3.05, 3.63) is 29.8 Å². The average molecular weight is 302 g/mol. The molecule has 116 valence electrons. The molecule has 1 aromatic rings. The van der Waals surface area contributed by atoms with Gasteiger partial charge >= 0.3 is 6.18 Å². The van der Waals surface area contributed by atoms with Gasteiger partial charge in [0, 0.05) is 6.04 Å². The van der Waals surface area contributed by atoms with E-state index < -0.39 is 24.7 Å². The number of nitrogens with zero attached hydrogens (tertiary/aromatic N) is 1. The second-order valence-electron chi connectivity index (χ2n) is 5.29. The fourth-order valence-electron chi connectivity index (χ4n) is 2.15. The molecule has 1 saturated carbocycles. The number of nitrogens with two attached hydrogens (primary N) is 1. The molecule has 2 rings (SSSR count). The lowest BCUT2D eigenvalue weighted by atomic mass is 10.1. The summed E-state index contributed by atoms with van der Waals surface area (Å²) in [4.78, 5) is 13.0. The van der Waals surface area contributed by atoms with Gasteiger partial charge in [0.25, 0.3) is 0 Å². The molecule has 1 aliphatic rings. The summed E-state index contributed by atoms with van der Waals surface area (Å²) in [6, 6.07) is 4.71. The van der Waals surface area contributed by atoms with Crippen molar-refractivity contribution in [1.29, 1.82) is 0 Å². The number of hydrogen-bond acceptors (Lipinski definition) is 3. The molecule has 4 nitrogen and oxygen atoms in total. The van der Waals surface area contributed by atoms with Gasteiger partial charge in [0.05, 0.1) is 6.04 Å². The second-order valence-corrected chi connectivity index (χ2v) is 5.29. The molecule has 1 aromatic carbocycles. The SMILES string of the molecule is NC(Cc1ccc(O)cc1)C(=O)N(CC(F)(F)F)C1CC1. The van der Waals surface area contributed by atoms with Crippen LogP contribution in [0.15, 0.2) is 24.3 Å². The van der Waals surface area contributed by atoms with E-state index in [0.29, 0.717) is 18.4 Å². The summed E-state index contributed by atoms with van der Waals surface area (Å²) in [5.74, 6) is -0.599. The first-order valence-corrected chi connectivity index (χ1v) is 6.67. The number of benzene rings is 1. The highest BCUT2D eigenvalue weighted by atomic mass is 19.4. The minimum atomic E-state index is -4.42. The fraction of sp³-hybridized carbons (Fsp3) is 0.500. The summed E-state index contributed by atoms with van der Waals surface area (Å²) < 4.78 is 37.6. The molecule has 21 heavy (non-hydrogen) atoms. The van der Waals surface area contributed by atoms with E-state index in [2.05, 4.69) is 0 Å². The van der Waals surface area contributed by atoms with Crippen molar-refractivity contribution in [3.8, 4) is 5.75 Å². The molecule has 0 bridgehead atoms. The average Bonchev–Trinajstić information content (AvgIpc) is 3.21. The minimum absolute atomic E-state index is 0.0790. The van der Waals surface area contributed by atoms with Gasteiger partial charge in [-0.1, -0.05) is 12.1 Å². The van der Waals surface area contributed by atoms with Crippen LogP contribution in [0.25, 0.3) is 0 Å². The topological polar surface area (TPSA) is 66.6 Å². The Balaban J connectivity index is 2.00. The van der Waals surface area contributed by atoms with Gasteiger partial charge in [0.1, 0.15) is 12.3 Å². The third-order valence-corrected chi connectivity index (χ3v) is 3.33. The Labute approximate surface area is 120 Å². The summed E-state index contributed by atoms with van der Waals surface area (Å²) in [6.07, 6.45) is -3.10. The van der Waals surface area contributed by atoms with Crippen LogP contribution in [0.4, 0.5) is 13.2 Å². The summed E-state index contributed by atoms with van der Waals surface area (Å²) in [7, 11) is 0. The third-order valence-electron chi connectivity index (χ3n) is 3.33. The van der Waals surface area contributed by atoms with Crippen LogP contribution >= 0.6 is 0 Å². The largest absolute Gasteiger partial charge is 0.508 e. The molecule has 7 heteroatoms. The summed E-state index contributed by atoms with van der Waals surface area (Å²) in [5, 5.41) is 9.17. The lowest BCUT2D eigenvalue weighted by molar-refractivity contribution is -0.163. The Morgan fingerprint density at radius 3 is 2.38 bits per heavy atom. The van der Waals surface area contributed by atoms with E-state index in [-0.39, 0.29) is 18.2 Å². The second kappa shape index (κ2) is 5.93. The van der Waals surface area contributed by atoms with Crippen molar-refractivity contribution < 1.29 is 23.1 Å². The molecule has 1 amide bonds. The Kier molecular flexibility index (Phi) is 4.41. The molecule has 1 fully saturated rings. The number of amides is 1. The molecule has 0 radical (unpaired) electrons. The van der Waals surface area contributed by atoms with Gasteiger partial charge in [-0.3, -0.25) is 4.79 Å². The maximum absolute atomic E-state index is 12.5. The molecule has 0 spiro atoms. The molecular weight excluding hydrogens is 285 g/mol. The molecule has 1 aliphatic carbocycles. The van der Waals surface area contributed by atoms with E-state index in [1.807, 2.05) is 0 Å². The zero-order valence-corrected chi connectivity index (χ0v) is 11.3. The number of halogens is 3. The van der Waals surface area contributed by atoms with Crippen molar-refractivity contribution in [2.24, 2.45) is 5.73 Å². The van der Waals surface area contributed by atoms with Crippen molar-refractivity contribution >= 4 is 5.91 Å². The van der Waals surface area contributed by atoms with Crippen LogP contribution in [0.2, 0.25) is 0 Å². The fourth-order valence-corrected chi connectivity index (χ4v) is 2.15. The molecular formula is C14H17F3N2O2. The monoisotopic (exact) mass is 302 g/mol. The molecule has 0 heterocycles. The third kappa shape index (κ3) is 4.63. The molecule has 0 aliphatic heterocycles. The van der Waals surface area contributed by atoms with Gasteiger partial charge < -0.3 is 15.7 Å². The number of hydrogen-bond donors (Lipinski definition) is 2. The first-order valence-electron chi connectivity index (χ1n) is 6.67. The van der Waals surface area contributed by atoms with Crippen molar-refractivity contribution in [2.75, 3.05) is 6.54 Å². The van der Waals surface area contributed by atoms with Gasteiger partial charge in [-0.05, 0) is 37.0 Å². The molecule has 0 aromatic heterocycles. The summed E-state index contributed by atoms with van der Waals surface area (Å²) in [5.41, 5.74) is 6.44. The number of rotatable bonds is 5. The molecule has 0 saturated heterocycles. The number of phenols is 1. The molecule has 3 N–H and O–H groups in total. The van der Waals surface area contributed by atoms with Crippen molar-refractivity contribution in [1.82, 2.24) is 4.90 Å². The first kappa shape index (κ1) is 15.6. The van der Waals surface area contributed by atoms with E-state index in [1.54, 1.807) is 12.1 Å². The number of carbonyl (C=O) groups excluding carboxylic acids is 1. The summed E-state index contributed by atoms with van der Waals surface area (Å²) >= 11 is 0. The van der Waals surface area contributed by atoms with Crippen LogP contribution in [-0.4, -0.2) is 40.7 Å². The molecule has 1 atom stereocenters. The van der Waals surface area contributed by atoms with E-state index >= 15 is 0 Å². The predicted molar refractivity (Wildman–Crippen MR) is 70.6 cm³/mol. The zero-order chi connectivity index (χ0) is 15.6. The Bertz CT molecular complexity index is 498. The Morgan fingerprint density at radius 2 is 1.90 bits per heavy atom. The van der Waals surface area contributed by atoms with Crippen LogP contribution in [0.5, 0.6) is 5.75 Å². The highest BCUT2D eigenvalue weighted by Gasteiger charge is 2.41. The van der Waals surface area contributed by atoms with Gasteiger partial charge in [-0.2, -0.15) is 13.2 Å². The number of alkyl halides is 3. The minimum Gasteiger partial charge on any atom is -0.508 e. The van der Waals surface area contributed by atoms with Crippen molar-refractivity contribution in [3.63, 3.8) is 0 Å². The van der Waals surface area contributed by atoms with Crippen LogP contribution < -0.4 is 5.73 Å². The number of carbonyl (C=O) groups is 1. The quantitative estimate of drug-likeness (QED) is 0.872. The highest BCUT2D eigenvalue weighted by Crippen LogP contribution is 2.30. The van der Waals surface area contributed by atoms with Gasteiger partial charge in [-0.25, -0.2) is 0 Å². The van der Waals surface area contributed by atoms with Gasteiger partial charge in [0.15, 0.2) is 0 Å². The van der Waals surface area contributed by atoms with Crippen LogP contribution in [0.3, 0.4) is 0 Å². The van der Waals surface area contributed by atoms with E-state index in [4.69, 9.17) is 10.8 Å². The van der Waals surface area contributed by atoms with Crippen LogP contribution in [0.1, 0.15) is 18.4 Å². The van der Waals surface area contributed by atoms with E-state index in [0.717, 1.165) is 4.90 Å². The van der Waals surface area contributed by atoms with Gasteiger partial charge in [-0.15, -0.1) is 0 Å². The lowest BCUT2D eigenvalue weighted by Gasteiger charge is -2.26. The van der Waals surface area contributed by atoms with E-state index in [1.165, 1.54) is 12.1 Å². The number of phenolic OH excluding ortho intramolecular Hbond substituents is 1. The zero-order valence-electron chi connectivity index (χ0n) is 11.3. The first-order chi connectivity index (χ1) is 9.76. The van der Waals surface area contributed by atoms with Crippen molar-refractivity contribution in [2.45, 2.75) is 37.5 Å². The predicted octanol–water partition coefficient (Wildman–Crippen LogP) is 1.82. The Hall–Kier alpha value is -1.76. The molecule has 1 unspecified atom stereocenters. The maximum atomic E-state index is 12.5.